The Kier molecular flexibility index (Phi) is 5.33. The summed E-state index contributed by atoms with van der Waals surface area (Å²) in [7, 11) is 0. The van der Waals surface area contributed by atoms with E-state index in [-0.39, 0.29) is 29.6 Å². The molecule has 0 saturated heterocycles. The maximum absolute atomic E-state index is 12.9. The molecule has 0 radical (unpaired) electrons. The summed E-state index contributed by atoms with van der Waals surface area (Å²) in [5.41, 5.74) is 1.62. The Balaban J connectivity index is 2.04. The van der Waals surface area contributed by atoms with E-state index in [9.17, 15) is 9.59 Å². The first-order valence-electron chi connectivity index (χ1n) is 7.75. The Bertz CT molecular complexity index is 876. The highest BCUT2D eigenvalue weighted by atomic mass is 32.1. The number of rotatable bonds is 6. The van der Waals surface area contributed by atoms with Crippen molar-refractivity contribution in [2.24, 2.45) is 0 Å². The van der Waals surface area contributed by atoms with Crippen molar-refractivity contribution >= 4 is 23.0 Å². The van der Waals surface area contributed by atoms with Crippen molar-refractivity contribution in [3.8, 4) is 10.4 Å². The Labute approximate surface area is 149 Å². The van der Waals surface area contributed by atoms with Crippen LogP contribution in [0.15, 0.2) is 60.7 Å². The van der Waals surface area contributed by atoms with Crippen LogP contribution in [0.25, 0.3) is 10.4 Å². The number of carbonyl (C=O) groups is 2. The number of aliphatic hydroxyl groups excluding tert-OH is 1. The molecule has 126 valence electrons. The second-order valence-electron chi connectivity index (χ2n) is 5.24. The van der Waals surface area contributed by atoms with Crippen molar-refractivity contribution in [2.75, 3.05) is 13.2 Å². The zero-order valence-corrected chi connectivity index (χ0v) is 14.1. The van der Waals surface area contributed by atoms with Crippen molar-refractivity contribution in [2.45, 2.75) is 0 Å². The molecule has 0 aliphatic rings. The highest BCUT2D eigenvalue weighted by Gasteiger charge is 2.23. The third-order valence-electron chi connectivity index (χ3n) is 3.51. The van der Waals surface area contributed by atoms with Gasteiger partial charge in [0, 0.05) is 12.1 Å². The second kappa shape index (κ2) is 7.83. The van der Waals surface area contributed by atoms with Gasteiger partial charge in [-0.2, -0.15) is 0 Å². The van der Waals surface area contributed by atoms with Crippen LogP contribution >= 0.6 is 11.3 Å². The van der Waals surface area contributed by atoms with Crippen molar-refractivity contribution in [1.29, 1.82) is 0 Å². The van der Waals surface area contributed by atoms with Gasteiger partial charge in [-0.25, -0.2) is 4.98 Å². The summed E-state index contributed by atoms with van der Waals surface area (Å²) in [4.78, 5) is 30.0. The molecule has 0 aliphatic carbocycles. The standard InChI is InChI=1S/C19H16N2O3S/c22-12-11-20-18(24)19-21-15(16(23)13-7-3-1-4-8-13)17(25-19)14-9-5-2-6-10-14/h1-10,22H,11-12H2,(H,20,24). The number of amides is 1. The molecule has 0 atom stereocenters. The summed E-state index contributed by atoms with van der Waals surface area (Å²) in [6.45, 7) is -0.0144. The van der Waals surface area contributed by atoms with Gasteiger partial charge in [-0.3, -0.25) is 9.59 Å². The molecule has 1 heterocycles. The van der Waals surface area contributed by atoms with Crippen LogP contribution in [0.5, 0.6) is 0 Å². The minimum absolute atomic E-state index is 0.140. The molecule has 0 bridgehead atoms. The molecule has 0 unspecified atom stereocenters. The van der Waals surface area contributed by atoms with Crippen molar-refractivity contribution in [3.63, 3.8) is 0 Å². The van der Waals surface area contributed by atoms with E-state index in [2.05, 4.69) is 10.3 Å². The van der Waals surface area contributed by atoms with E-state index >= 15 is 0 Å². The summed E-state index contributed by atoms with van der Waals surface area (Å²) >= 11 is 1.17. The van der Waals surface area contributed by atoms with E-state index in [1.54, 1.807) is 24.3 Å². The highest BCUT2D eigenvalue weighted by molar-refractivity contribution is 7.17. The van der Waals surface area contributed by atoms with Gasteiger partial charge >= 0.3 is 0 Å². The molecule has 25 heavy (non-hydrogen) atoms. The Hall–Kier alpha value is -2.83. The number of hydrogen-bond donors (Lipinski definition) is 2. The van der Waals surface area contributed by atoms with Crippen molar-refractivity contribution < 1.29 is 14.7 Å². The number of thiazole rings is 1. The minimum Gasteiger partial charge on any atom is -0.395 e. The van der Waals surface area contributed by atoms with E-state index in [0.717, 1.165) is 5.56 Å². The van der Waals surface area contributed by atoms with E-state index in [4.69, 9.17) is 5.11 Å². The first kappa shape index (κ1) is 17.0. The Morgan fingerprint density at radius 1 is 1.00 bits per heavy atom. The van der Waals surface area contributed by atoms with Gasteiger partial charge in [0.05, 0.1) is 11.5 Å². The number of benzene rings is 2. The molecule has 6 heteroatoms. The lowest BCUT2D eigenvalue weighted by Gasteiger charge is -2.02. The molecule has 2 aromatic carbocycles. The Morgan fingerprint density at radius 3 is 2.28 bits per heavy atom. The predicted octanol–water partition coefficient (Wildman–Crippen LogP) is 2.76. The van der Waals surface area contributed by atoms with Gasteiger partial charge in [0.25, 0.3) is 5.91 Å². The summed E-state index contributed by atoms with van der Waals surface area (Å²) in [6, 6.07) is 18.3. The third kappa shape index (κ3) is 3.81. The first-order chi connectivity index (χ1) is 12.2. The van der Waals surface area contributed by atoms with E-state index < -0.39 is 5.91 Å². The first-order valence-corrected chi connectivity index (χ1v) is 8.57. The number of hydrogen-bond acceptors (Lipinski definition) is 5. The quantitative estimate of drug-likeness (QED) is 0.669. The number of aliphatic hydroxyl groups is 1. The third-order valence-corrected chi connectivity index (χ3v) is 4.61. The molecule has 1 amide bonds. The fourth-order valence-corrected chi connectivity index (χ4v) is 3.31. The number of aromatic nitrogens is 1. The lowest BCUT2D eigenvalue weighted by molar-refractivity contribution is 0.0944. The molecule has 3 rings (SSSR count). The summed E-state index contributed by atoms with van der Waals surface area (Å²) in [6.07, 6.45) is 0. The molecule has 0 saturated carbocycles. The normalized spacial score (nSPS) is 10.4. The van der Waals surface area contributed by atoms with Crippen molar-refractivity contribution in [1.82, 2.24) is 10.3 Å². The number of nitrogens with one attached hydrogen (secondary N) is 1. The van der Waals surface area contributed by atoms with E-state index in [0.29, 0.717) is 10.4 Å². The number of ketones is 1. The largest absolute Gasteiger partial charge is 0.395 e. The number of nitrogens with zero attached hydrogens (tertiary/aromatic N) is 1. The second-order valence-corrected chi connectivity index (χ2v) is 6.24. The fraction of sp³-hybridized carbons (Fsp3) is 0.105. The lowest BCUT2D eigenvalue weighted by atomic mass is 10.0. The summed E-state index contributed by atoms with van der Waals surface area (Å²) in [5, 5.41) is 11.6. The van der Waals surface area contributed by atoms with Crippen LogP contribution in [0.4, 0.5) is 0 Å². The van der Waals surface area contributed by atoms with Crippen LogP contribution in [0.3, 0.4) is 0 Å². The molecule has 0 aliphatic heterocycles. The van der Waals surface area contributed by atoms with E-state index in [1.165, 1.54) is 11.3 Å². The van der Waals surface area contributed by atoms with Crippen LogP contribution in [-0.2, 0) is 0 Å². The van der Waals surface area contributed by atoms with Gasteiger partial charge in [0.15, 0.2) is 5.01 Å². The molecule has 5 nitrogen and oxygen atoms in total. The van der Waals surface area contributed by atoms with Crippen LogP contribution in [-0.4, -0.2) is 34.9 Å². The molecule has 3 aromatic rings. The molecule has 0 spiro atoms. The SMILES string of the molecule is O=C(NCCO)c1nc(C(=O)c2ccccc2)c(-c2ccccc2)s1. The maximum Gasteiger partial charge on any atom is 0.280 e. The predicted molar refractivity (Wildman–Crippen MR) is 96.8 cm³/mol. The molecular weight excluding hydrogens is 336 g/mol. The monoisotopic (exact) mass is 352 g/mol. The highest BCUT2D eigenvalue weighted by Crippen LogP contribution is 2.31. The van der Waals surface area contributed by atoms with Crippen LogP contribution in [0, 0.1) is 0 Å². The topological polar surface area (TPSA) is 79.3 Å². The summed E-state index contributed by atoms with van der Waals surface area (Å²) < 4.78 is 0. The van der Waals surface area contributed by atoms with Gasteiger partial charge in [0.1, 0.15) is 5.69 Å². The fourth-order valence-electron chi connectivity index (χ4n) is 2.33. The molecule has 0 fully saturated rings. The van der Waals surface area contributed by atoms with Crippen LogP contribution in [0.1, 0.15) is 25.9 Å². The van der Waals surface area contributed by atoms with Gasteiger partial charge < -0.3 is 10.4 Å². The average molecular weight is 352 g/mol. The Morgan fingerprint density at radius 2 is 1.64 bits per heavy atom. The smallest absolute Gasteiger partial charge is 0.280 e. The van der Waals surface area contributed by atoms with Crippen molar-refractivity contribution in [3.05, 3.63) is 76.9 Å². The van der Waals surface area contributed by atoms with Gasteiger partial charge in [0.2, 0.25) is 5.78 Å². The zero-order chi connectivity index (χ0) is 17.6. The van der Waals surface area contributed by atoms with Gasteiger partial charge in [-0.1, -0.05) is 60.7 Å². The van der Waals surface area contributed by atoms with Gasteiger partial charge in [-0.05, 0) is 5.56 Å². The minimum atomic E-state index is -0.400. The van der Waals surface area contributed by atoms with Crippen LogP contribution in [0.2, 0.25) is 0 Å². The molecule has 2 N–H and O–H groups in total. The molecule has 1 aromatic heterocycles. The summed E-state index contributed by atoms with van der Waals surface area (Å²) in [5.74, 6) is -0.625. The lowest BCUT2D eigenvalue weighted by Crippen LogP contribution is -2.26. The van der Waals surface area contributed by atoms with Gasteiger partial charge in [-0.15, -0.1) is 11.3 Å². The average Bonchev–Trinajstić information content (AvgIpc) is 3.12. The molecular formula is C19H16N2O3S. The van der Waals surface area contributed by atoms with Crippen LogP contribution < -0.4 is 5.32 Å². The van der Waals surface area contributed by atoms with E-state index in [1.807, 2.05) is 36.4 Å². The number of carbonyl (C=O) groups excluding carboxylic acids is 2. The maximum atomic E-state index is 12.9. The zero-order valence-electron chi connectivity index (χ0n) is 13.3.